The Morgan fingerprint density at radius 3 is 2.31 bits per heavy atom. The lowest BCUT2D eigenvalue weighted by Crippen LogP contribution is -2.58. The summed E-state index contributed by atoms with van der Waals surface area (Å²) >= 11 is 3.97. The number of hydrogen-bond donors (Lipinski definition) is 1. The summed E-state index contributed by atoms with van der Waals surface area (Å²) < 4.78 is 6.35. The Kier molecular flexibility index (Phi) is 6.59. The number of benzene rings is 1. The molecule has 144 valence electrons. The monoisotopic (exact) mass is 394 g/mol. The molecule has 2 unspecified atom stereocenters. The first-order valence-electron chi connectivity index (χ1n) is 9.37. The number of carbonyl (C=O) groups excluding carboxylic acids is 1. The highest BCUT2D eigenvalue weighted by Crippen LogP contribution is 2.45. The van der Waals surface area contributed by atoms with Crippen LogP contribution in [0.1, 0.15) is 48.2 Å². The van der Waals surface area contributed by atoms with Gasteiger partial charge < -0.3 is 10.1 Å². The molecule has 0 radical (unpaired) electrons. The highest BCUT2D eigenvalue weighted by Gasteiger charge is 2.33. The summed E-state index contributed by atoms with van der Waals surface area (Å²) in [6.07, 6.45) is 0.459. The van der Waals surface area contributed by atoms with E-state index in [1.807, 2.05) is 35.7 Å². The van der Waals surface area contributed by atoms with Crippen molar-refractivity contribution >= 4 is 29.4 Å². The van der Waals surface area contributed by atoms with Crippen LogP contribution in [0.5, 0.6) is 0 Å². The lowest BCUT2D eigenvalue weighted by molar-refractivity contribution is -0.0948. The molecule has 0 saturated carbocycles. The van der Waals surface area contributed by atoms with Gasteiger partial charge in [-0.05, 0) is 45.4 Å². The fourth-order valence-corrected chi connectivity index (χ4v) is 6.38. The van der Waals surface area contributed by atoms with Gasteiger partial charge in [0, 0.05) is 42.2 Å². The molecule has 0 bridgehead atoms. The van der Waals surface area contributed by atoms with Crippen molar-refractivity contribution < 1.29 is 9.53 Å². The molecular formula is C20H30N2O2S2. The SMILES string of the molecule is CC1CN(C(C)(C)CNC(=O)c2ccc(C3SCCS3)cc2)CC(C)O1. The molecule has 2 heterocycles. The van der Waals surface area contributed by atoms with Gasteiger partial charge >= 0.3 is 0 Å². The Morgan fingerprint density at radius 1 is 1.15 bits per heavy atom. The minimum Gasteiger partial charge on any atom is -0.373 e. The topological polar surface area (TPSA) is 41.6 Å². The molecule has 2 aliphatic rings. The molecule has 1 aromatic carbocycles. The van der Waals surface area contributed by atoms with Crippen LogP contribution in [0.2, 0.25) is 0 Å². The molecule has 1 amide bonds. The maximum Gasteiger partial charge on any atom is 0.251 e. The number of carbonyl (C=O) groups is 1. The van der Waals surface area contributed by atoms with Crippen LogP contribution >= 0.6 is 23.5 Å². The third kappa shape index (κ3) is 4.97. The van der Waals surface area contributed by atoms with Crippen molar-refractivity contribution in [3.8, 4) is 0 Å². The first kappa shape index (κ1) is 20.1. The normalized spacial score (nSPS) is 25.4. The Labute approximate surface area is 165 Å². The molecule has 1 N–H and O–H groups in total. The Morgan fingerprint density at radius 2 is 1.73 bits per heavy atom. The van der Waals surface area contributed by atoms with E-state index in [9.17, 15) is 4.79 Å². The second-order valence-electron chi connectivity index (χ2n) is 7.85. The zero-order valence-corrected chi connectivity index (χ0v) is 17.8. The minimum atomic E-state index is -0.0982. The minimum absolute atomic E-state index is 0.00529. The average Bonchev–Trinajstić information content (AvgIpc) is 3.14. The fraction of sp³-hybridized carbons (Fsp3) is 0.650. The van der Waals surface area contributed by atoms with Crippen molar-refractivity contribution in [2.75, 3.05) is 31.1 Å². The average molecular weight is 395 g/mol. The lowest BCUT2D eigenvalue weighted by Gasteiger charge is -2.45. The molecule has 2 fully saturated rings. The van der Waals surface area contributed by atoms with Crippen LogP contribution in [0.4, 0.5) is 0 Å². The van der Waals surface area contributed by atoms with E-state index in [1.54, 1.807) is 0 Å². The van der Waals surface area contributed by atoms with Gasteiger partial charge in [-0.3, -0.25) is 9.69 Å². The predicted octanol–water partition coefficient (Wildman–Crippen LogP) is 3.78. The standard InChI is InChI=1S/C20H30N2O2S2/c1-14-11-22(12-15(2)24-14)20(3,4)13-21-18(23)16-5-7-17(8-6-16)19-25-9-10-26-19/h5-8,14-15,19H,9-13H2,1-4H3,(H,21,23). The molecule has 2 atom stereocenters. The number of nitrogens with zero attached hydrogens (tertiary/aromatic N) is 1. The number of thioether (sulfide) groups is 2. The molecule has 0 aromatic heterocycles. The van der Waals surface area contributed by atoms with E-state index < -0.39 is 0 Å². The number of hydrogen-bond acceptors (Lipinski definition) is 5. The van der Waals surface area contributed by atoms with Gasteiger partial charge in [-0.15, -0.1) is 23.5 Å². The molecule has 6 heteroatoms. The maximum absolute atomic E-state index is 12.6. The predicted molar refractivity (Wildman–Crippen MR) is 112 cm³/mol. The number of amides is 1. The summed E-state index contributed by atoms with van der Waals surface area (Å²) in [4.78, 5) is 15.0. The molecular weight excluding hydrogens is 364 g/mol. The number of rotatable bonds is 5. The van der Waals surface area contributed by atoms with E-state index in [-0.39, 0.29) is 23.7 Å². The molecule has 1 aromatic rings. The summed E-state index contributed by atoms with van der Waals surface area (Å²) in [5.74, 6) is 2.43. The van der Waals surface area contributed by atoms with Gasteiger partial charge in [-0.2, -0.15) is 0 Å². The maximum atomic E-state index is 12.6. The van der Waals surface area contributed by atoms with Gasteiger partial charge in [-0.25, -0.2) is 0 Å². The van der Waals surface area contributed by atoms with Crippen molar-refractivity contribution in [1.29, 1.82) is 0 Å². The zero-order valence-electron chi connectivity index (χ0n) is 16.2. The number of morpholine rings is 1. The summed E-state index contributed by atoms with van der Waals surface area (Å²) in [6, 6.07) is 8.11. The van der Waals surface area contributed by atoms with Gasteiger partial charge in [-0.1, -0.05) is 12.1 Å². The van der Waals surface area contributed by atoms with Crippen molar-refractivity contribution in [2.45, 2.75) is 50.0 Å². The van der Waals surface area contributed by atoms with E-state index in [2.05, 4.69) is 50.0 Å². The van der Waals surface area contributed by atoms with E-state index in [4.69, 9.17) is 4.74 Å². The lowest BCUT2D eigenvalue weighted by atomic mass is 10.00. The van der Waals surface area contributed by atoms with Gasteiger partial charge in [0.1, 0.15) is 0 Å². The van der Waals surface area contributed by atoms with Gasteiger partial charge in [0.25, 0.3) is 5.91 Å². The second-order valence-corrected chi connectivity index (χ2v) is 10.6. The van der Waals surface area contributed by atoms with Crippen molar-refractivity contribution in [1.82, 2.24) is 10.2 Å². The van der Waals surface area contributed by atoms with Gasteiger partial charge in [0.2, 0.25) is 0 Å². The highest BCUT2D eigenvalue weighted by molar-refractivity contribution is 8.19. The van der Waals surface area contributed by atoms with Crippen LogP contribution in [-0.2, 0) is 4.74 Å². The summed E-state index contributed by atoms with van der Waals surface area (Å²) in [7, 11) is 0. The largest absolute Gasteiger partial charge is 0.373 e. The van der Waals surface area contributed by atoms with E-state index >= 15 is 0 Å². The van der Waals surface area contributed by atoms with Crippen LogP contribution in [0.25, 0.3) is 0 Å². The molecule has 0 aliphatic carbocycles. The second kappa shape index (κ2) is 8.55. The third-order valence-corrected chi connectivity index (χ3v) is 8.13. The van der Waals surface area contributed by atoms with E-state index in [0.29, 0.717) is 11.1 Å². The van der Waals surface area contributed by atoms with Gasteiger partial charge in [0.15, 0.2) is 0 Å². The summed E-state index contributed by atoms with van der Waals surface area (Å²) in [6.45, 7) is 11.0. The molecule has 26 heavy (non-hydrogen) atoms. The molecule has 4 nitrogen and oxygen atoms in total. The van der Waals surface area contributed by atoms with Crippen molar-refractivity contribution in [3.63, 3.8) is 0 Å². The summed E-state index contributed by atoms with van der Waals surface area (Å²) in [5.41, 5.74) is 1.95. The Hall–Kier alpha value is -0.690. The zero-order chi connectivity index (χ0) is 18.7. The fourth-order valence-electron chi connectivity index (χ4n) is 3.53. The molecule has 0 spiro atoms. The molecule has 3 rings (SSSR count). The molecule has 2 aliphatic heterocycles. The van der Waals surface area contributed by atoms with Crippen molar-refractivity contribution in [3.05, 3.63) is 35.4 Å². The Balaban J connectivity index is 1.55. The Bertz CT molecular complexity index is 605. The van der Waals surface area contributed by atoms with Crippen molar-refractivity contribution in [2.24, 2.45) is 0 Å². The van der Waals surface area contributed by atoms with Crippen LogP contribution in [0.3, 0.4) is 0 Å². The van der Waals surface area contributed by atoms with Crippen LogP contribution < -0.4 is 5.32 Å². The first-order valence-corrected chi connectivity index (χ1v) is 11.5. The summed E-state index contributed by atoms with van der Waals surface area (Å²) in [5, 5.41) is 3.12. The number of ether oxygens (including phenoxy) is 1. The molecule has 2 saturated heterocycles. The third-order valence-electron chi connectivity index (χ3n) is 5.02. The van der Waals surface area contributed by atoms with Crippen LogP contribution in [0.15, 0.2) is 24.3 Å². The first-order chi connectivity index (χ1) is 12.3. The van der Waals surface area contributed by atoms with E-state index in [0.717, 1.165) is 18.7 Å². The van der Waals surface area contributed by atoms with E-state index in [1.165, 1.54) is 17.1 Å². The van der Waals surface area contributed by atoms with Crippen LogP contribution in [-0.4, -0.2) is 59.7 Å². The quantitative estimate of drug-likeness (QED) is 0.823. The smallest absolute Gasteiger partial charge is 0.251 e. The number of nitrogens with one attached hydrogen (secondary N) is 1. The highest BCUT2D eigenvalue weighted by atomic mass is 32.2. The van der Waals surface area contributed by atoms with Crippen LogP contribution in [0, 0.1) is 0 Å². The van der Waals surface area contributed by atoms with Gasteiger partial charge in [0.05, 0.1) is 16.8 Å².